The molecule has 0 saturated carbocycles. The molecule has 0 aliphatic carbocycles. The minimum absolute atomic E-state index is 0.0162. The molecule has 0 aliphatic heterocycles. The molecule has 1 rings (SSSR count). The predicted molar refractivity (Wildman–Crippen MR) is 50.0 cm³/mol. The largest absolute Gasteiger partial charge is 0.573 e. The first-order valence-electron chi connectivity index (χ1n) is 3.83. The second-order valence-corrected chi connectivity index (χ2v) is 3.39. The number of halogens is 4. The van der Waals surface area contributed by atoms with Gasteiger partial charge in [0.15, 0.2) is 5.69 Å². The summed E-state index contributed by atoms with van der Waals surface area (Å²) >= 11 is 2.81. The van der Waals surface area contributed by atoms with Crippen LogP contribution >= 0.6 is 15.9 Å². The number of ether oxygens (including phenoxy) is 2. The zero-order valence-electron chi connectivity index (χ0n) is 7.84. The number of nitrogens with zero attached hydrogens (tertiary/aromatic N) is 1. The van der Waals surface area contributed by atoms with Crippen LogP contribution < -0.4 is 4.74 Å². The molecule has 0 saturated heterocycles. The minimum Gasteiger partial charge on any atom is -0.464 e. The molecule has 0 spiro atoms. The third kappa shape index (κ3) is 3.37. The lowest BCUT2D eigenvalue weighted by Gasteiger charge is -2.10. The maximum absolute atomic E-state index is 12.0. The smallest absolute Gasteiger partial charge is 0.464 e. The highest BCUT2D eigenvalue weighted by atomic mass is 79.9. The molecule has 0 aliphatic rings. The molecule has 0 bridgehead atoms. The summed E-state index contributed by atoms with van der Waals surface area (Å²) in [4.78, 5) is 14.6. The van der Waals surface area contributed by atoms with Crippen molar-refractivity contribution in [1.29, 1.82) is 0 Å². The van der Waals surface area contributed by atoms with Crippen molar-refractivity contribution in [2.45, 2.75) is 6.36 Å². The third-order valence-corrected chi connectivity index (χ3v) is 2.04. The van der Waals surface area contributed by atoms with E-state index in [1.807, 2.05) is 0 Å². The van der Waals surface area contributed by atoms with Crippen LogP contribution in [0.5, 0.6) is 5.75 Å². The number of carbonyl (C=O) groups excluding carboxylic acids is 1. The summed E-state index contributed by atoms with van der Waals surface area (Å²) in [7, 11) is 1.09. The van der Waals surface area contributed by atoms with Crippen molar-refractivity contribution in [3.8, 4) is 5.75 Å². The molecule has 88 valence electrons. The molecule has 1 aromatic rings. The monoisotopic (exact) mass is 299 g/mol. The van der Waals surface area contributed by atoms with Gasteiger partial charge in [0.2, 0.25) is 0 Å². The first-order valence-corrected chi connectivity index (χ1v) is 4.62. The van der Waals surface area contributed by atoms with E-state index in [0.717, 1.165) is 19.4 Å². The van der Waals surface area contributed by atoms with Crippen LogP contribution in [0.1, 0.15) is 10.5 Å². The van der Waals surface area contributed by atoms with E-state index in [9.17, 15) is 18.0 Å². The minimum atomic E-state index is -4.84. The van der Waals surface area contributed by atoms with Gasteiger partial charge < -0.3 is 9.47 Å². The van der Waals surface area contributed by atoms with Gasteiger partial charge in [0, 0.05) is 12.3 Å². The van der Waals surface area contributed by atoms with Crippen LogP contribution in [0.2, 0.25) is 0 Å². The van der Waals surface area contributed by atoms with Crippen LogP contribution in [0.3, 0.4) is 0 Å². The van der Waals surface area contributed by atoms with E-state index in [1.54, 1.807) is 0 Å². The summed E-state index contributed by atoms with van der Waals surface area (Å²) in [5.74, 6) is -1.40. The molecular formula is C8H5BrF3NO3. The molecular weight excluding hydrogens is 295 g/mol. The first kappa shape index (κ1) is 12.8. The van der Waals surface area contributed by atoms with Crippen molar-refractivity contribution in [3.05, 3.63) is 22.4 Å². The summed E-state index contributed by atoms with van der Waals surface area (Å²) in [5.41, 5.74) is -0.273. The van der Waals surface area contributed by atoms with Crippen molar-refractivity contribution in [3.63, 3.8) is 0 Å². The topological polar surface area (TPSA) is 48.4 Å². The summed E-state index contributed by atoms with van der Waals surface area (Å²) in [6.07, 6.45) is -3.81. The molecule has 0 atom stereocenters. The molecule has 8 heteroatoms. The maximum atomic E-state index is 12.0. The van der Waals surface area contributed by atoms with Crippen molar-refractivity contribution >= 4 is 21.9 Å². The molecule has 0 unspecified atom stereocenters. The Kier molecular flexibility index (Phi) is 3.74. The number of aromatic nitrogens is 1. The molecule has 1 heterocycles. The average molecular weight is 300 g/mol. The van der Waals surface area contributed by atoms with Crippen molar-refractivity contribution < 1.29 is 27.4 Å². The number of hydrogen-bond donors (Lipinski definition) is 0. The van der Waals surface area contributed by atoms with Gasteiger partial charge in [-0.15, -0.1) is 13.2 Å². The van der Waals surface area contributed by atoms with Gasteiger partial charge in [-0.25, -0.2) is 9.78 Å². The quantitative estimate of drug-likeness (QED) is 0.788. The summed E-state index contributed by atoms with van der Waals surface area (Å²) in [6.45, 7) is 0. The maximum Gasteiger partial charge on any atom is 0.573 e. The summed E-state index contributed by atoms with van der Waals surface area (Å²) < 4.78 is 43.8. The van der Waals surface area contributed by atoms with E-state index in [-0.39, 0.29) is 10.2 Å². The van der Waals surface area contributed by atoms with Gasteiger partial charge in [0.1, 0.15) is 5.75 Å². The van der Waals surface area contributed by atoms with Crippen LogP contribution in [0.4, 0.5) is 13.2 Å². The van der Waals surface area contributed by atoms with Gasteiger partial charge in [-0.2, -0.15) is 0 Å². The van der Waals surface area contributed by atoms with Gasteiger partial charge in [0.05, 0.1) is 11.6 Å². The molecule has 4 nitrogen and oxygen atoms in total. The number of esters is 1. The van der Waals surface area contributed by atoms with E-state index < -0.39 is 18.1 Å². The Labute approximate surface area is 96.5 Å². The number of alkyl halides is 3. The zero-order valence-corrected chi connectivity index (χ0v) is 9.42. The van der Waals surface area contributed by atoms with Crippen LogP contribution in [0, 0.1) is 0 Å². The summed E-state index contributed by atoms with van der Waals surface area (Å²) in [5, 5.41) is 0. The molecule has 0 aromatic carbocycles. The van der Waals surface area contributed by atoms with Crippen LogP contribution in [-0.4, -0.2) is 24.4 Å². The number of pyridine rings is 1. The van der Waals surface area contributed by atoms with E-state index >= 15 is 0 Å². The van der Waals surface area contributed by atoms with Crippen molar-refractivity contribution in [2.24, 2.45) is 0 Å². The number of carbonyl (C=O) groups is 1. The fraction of sp³-hybridized carbons (Fsp3) is 0.250. The fourth-order valence-electron chi connectivity index (χ4n) is 0.839. The zero-order chi connectivity index (χ0) is 12.3. The van der Waals surface area contributed by atoms with Crippen molar-refractivity contribution in [2.75, 3.05) is 7.11 Å². The molecule has 0 N–H and O–H groups in total. The first-order chi connectivity index (χ1) is 7.33. The Bertz CT molecular complexity index is 408. The number of rotatable bonds is 2. The molecule has 16 heavy (non-hydrogen) atoms. The molecule has 1 aromatic heterocycles. The Hall–Kier alpha value is -1.31. The number of methoxy groups -OCH3 is 1. The van der Waals surface area contributed by atoms with Crippen molar-refractivity contribution in [1.82, 2.24) is 4.98 Å². The Morgan fingerprint density at radius 1 is 1.50 bits per heavy atom. The lowest BCUT2D eigenvalue weighted by Crippen LogP contribution is -2.18. The Morgan fingerprint density at radius 3 is 2.62 bits per heavy atom. The Balaban J connectivity index is 3.04. The van der Waals surface area contributed by atoms with E-state index in [0.29, 0.717) is 0 Å². The van der Waals surface area contributed by atoms with Crippen LogP contribution in [0.25, 0.3) is 0 Å². The van der Waals surface area contributed by atoms with E-state index in [1.165, 1.54) is 0 Å². The second-order valence-electron chi connectivity index (χ2n) is 2.54. The lowest BCUT2D eigenvalue weighted by atomic mass is 10.3. The van der Waals surface area contributed by atoms with Crippen LogP contribution in [0.15, 0.2) is 16.7 Å². The molecule has 0 radical (unpaired) electrons. The van der Waals surface area contributed by atoms with E-state index in [4.69, 9.17) is 0 Å². The second kappa shape index (κ2) is 4.69. The number of hydrogen-bond acceptors (Lipinski definition) is 4. The molecule has 0 fully saturated rings. The highest BCUT2D eigenvalue weighted by molar-refractivity contribution is 9.10. The third-order valence-electron chi connectivity index (χ3n) is 1.44. The highest BCUT2D eigenvalue weighted by Gasteiger charge is 2.32. The highest BCUT2D eigenvalue weighted by Crippen LogP contribution is 2.30. The van der Waals surface area contributed by atoms with Gasteiger partial charge in [-0.05, 0) is 15.9 Å². The van der Waals surface area contributed by atoms with Gasteiger partial charge in [-0.3, -0.25) is 0 Å². The van der Waals surface area contributed by atoms with E-state index in [2.05, 4.69) is 30.4 Å². The van der Waals surface area contributed by atoms with Gasteiger partial charge >= 0.3 is 12.3 Å². The van der Waals surface area contributed by atoms with Crippen LogP contribution in [-0.2, 0) is 4.74 Å². The SMILES string of the molecule is COC(=O)c1cc(OC(F)(F)F)c(Br)cn1. The predicted octanol–water partition coefficient (Wildman–Crippen LogP) is 2.53. The summed E-state index contributed by atoms with van der Waals surface area (Å²) in [6, 6.07) is 0.837. The fourth-order valence-corrected chi connectivity index (χ4v) is 1.14. The lowest BCUT2D eigenvalue weighted by molar-refractivity contribution is -0.274. The van der Waals surface area contributed by atoms with Gasteiger partial charge in [0.25, 0.3) is 0 Å². The average Bonchev–Trinajstić information content (AvgIpc) is 2.18. The molecule has 0 amide bonds. The standard InChI is InChI=1S/C8H5BrF3NO3/c1-15-7(14)5-2-6(4(9)3-13-5)16-8(10,11)12/h2-3H,1H3. The normalized spacial score (nSPS) is 11.1. The van der Waals surface area contributed by atoms with Gasteiger partial charge in [-0.1, -0.05) is 0 Å². The Morgan fingerprint density at radius 2 is 2.12 bits per heavy atom.